The predicted octanol–water partition coefficient (Wildman–Crippen LogP) is 15.9. The molecule has 6 aliphatic rings. The summed E-state index contributed by atoms with van der Waals surface area (Å²) in [5.74, 6) is 1.27. The Morgan fingerprint density at radius 1 is 0.438 bits per heavy atom. The van der Waals surface area contributed by atoms with Crippen LogP contribution < -0.4 is 19.1 Å². The van der Waals surface area contributed by atoms with Gasteiger partial charge in [-0.1, -0.05) is 142 Å². The number of carbonyl (C=O) groups is 3. The Kier molecular flexibility index (Phi) is 27.8. The van der Waals surface area contributed by atoms with Crippen LogP contribution >= 0.6 is 69.6 Å². The quantitative estimate of drug-likeness (QED) is 0.0622. The monoisotopic (exact) mass is 1440 g/mol. The third kappa shape index (κ3) is 22.0. The lowest BCUT2D eigenvalue weighted by Gasteiger charge is -2.40. The maximum atomic E-state index is 12.0. The molecule has 1 unspecified atom stereocenters. The van der Waals surface area contributed by atoms with Gasteiger partial charge in [-0.3, -0.25) is 24.2 Å². The number of likely N-dealkylation sites (tertiary alicyclic amines) is 4. The number of hydrogen-bond donors (Lipinski definition) is 3. The Hall–Kier alpha value is -5.57. The summed E-state index contributed by atoms with van der Waals surface area (Å²) in [4.78, 5) is 48.8. The minimum absolute atomic E-state index is 0. The largest absolute Gasteiger partial charge is 0.490 e. The van der Waals surface area contributed by atoms with Gasteiger partial charge in [-0.2, -0.15) is 0 Å². The first-order valence-corrected chi connectivity index (χ1v) is 35.9. The number of ether oxygens (including phenoxy) is 4. The van der Waals surface area contributed by atoms with Crippen molar-refractivity contribution in [2.75, 3.05) is 110 Å². The minimum atomic E-state index is -0.822. The predicted molar refractivity (Wildman–Crippen MR) is 388 cm³/mol. The van der Waals surface area contributed by atoms with Crippen LogP contribution in [0.3, 0.4) is 0 Å². The zero-order valence-corrected chi connectivity index (χ0v) is 58.7. The Labute approximate surface area is 599 Å². The average molecular weight is 1440 g/mol. The van der Waals surface area contributed by atoms with Gasteiger partial charge in [-0.25, -0.2) is 0 Å². The molecule has 6 aliphatic heterocycles. The molecular weight excluding hydrogens is 1350 g/mol. The van der Waals surface area contributed by atoms with E-state index < -0.39 is 30.0 Å². The Morgan fingerprint density at radius 3 is 1.21 bits per heavy atom. The second-order valence-corrected chi connectivity index (χ2v) is 28.5. The van der Waals surface area contributed by atoms with E-state index >= 15 is 0 Å². The maximum Gasteiger partial charge on any atom is 0.325 e. The summed E-state index contributed by atoms with van der Waals surface area (Å²) in [5.41, 5.74) is 3.71. The lowest BCUT2D eigenvalue weighted by molar-refractivity contribution is -0.147. The molecule has 6 aromatic rings. The Morgan fingerprint density at radius 2 is 0.823 bits per heavy atom. The zero-order chi connectivity index (χ0) is 67.5. The molecular formula is C74H94Cl6N6O10. The SMILES string of the molecule is O=C(O)C(c1ccccc1)N1CCO[C@H](CN2CCC(Oc3ccc(Cl)c(Cl)c3)CC2)C1.O=C(O)Cc1ccc(N2CCC(CN3CCC(Oc4ccc(Cl)c(Cl)c4)CC3)CC2)cc1.O=C(O)[C@H](c1ccccc1)N1CCC(CN2CCC(Oc3ccc(Cl)c(Cl)c3)CC2)CC1.[HH].[HH].[HH]. The van der Waals surface area contributed by atoms with Gasteiger partial charge in [0, 0.05) is 113 Å². The molecule has 96 heavy (non-hydrogen) atoms. The molecule has 0 aromatic heterocycles. The summed E-state index contributed by atoms with van der Waals surface area (Å²) < 4.78 is 24.3. The Balaban J connectivity index is 0.000000206. The number of anilines is 1. The number of nitrogens with zero attached hydrogens (tertiary/aromatic N) is 6. The van der Waals surface area contributed by atoms with Crippen LogP contribution in [0, 0.1) is 11.8 Å². The molecule has 0 aliphatic carbocycles. The molecule has 0 radical (unpaired) electrons. The van der Waals surface area contributed by atoms with E-state index in [1.54, 1.807) is 36.4 Å². The normalized spacial score (nSPS) is 20.2. The van der Waals surface area contributed by atoms with Crippen LogP contribution in [0.4, 0.5) is 5.69 Å². The molecule has 0 saturated carbocycles. The second-order valence-electron chi connectivity index (χ2n) is 26.0. The van der Waals surface area contributed by atoms with Crippen LogP contribution in [0.1, 0.15) is 97.3 Å². The number of aliphatic carboxylic acids is 3. The standard InChI is InChI=1S/2C25H30Cl2N2O3.C24H28Cl2N2O4.3H2/c26-23-6-5-22(16-24(23)27)32-21-9-11-28(12-10-21)17-19-7-13-29(14-8-19)20-3-1-18(2-4-20)15-25(30)31;26-22-7-6-21(16-23(22)27)32-20-10-12-28(13-11-20)17-18-8-14-29(15-9-18)24(25(30)31)19-4-2-1-3-5-19;25-21-7-6-19(14-22(21)26)32-18-8-10-27(11-9-18)15-20-16-28(12-13-31-20)23(24(29)30)17-4-2-1-3-5-17;;;/h1-6,16,19,21H,7-15,17H2,(H,30,31);1-7,16,18,20,24H,8-15,17H2,(H,30,31);1-7,14,18,20,23H,8-13,15-16H2,(H,29,30);3*1H/t;24-;20-,23?;;;/m.01.../s1. The molecule has 0 amide bonds. The van der Waals surface area contributed by atoms with Crippen LogP contribution in [0.25, 0.3) is 0 Å². The number of morpholine rings is 1. The Bertz CT molecular complexity index is 3440. The highest BCUT2D eigenvalue weighted by Gasteiger charge is 2.35. The molecule has 0 spiro atoms. The van der Waals surface area contributed by atoms with E-state index in [1.165, 1.54) is 18.5 Å². The molecule has 16 nitrogen and oxygen atoms in total. The van der Waals surface area contributed by atoms with Gasteiger partial charge in [0.2, 0.25) is 0 Å². The van der Waals surface area contributed by atoms with Crippen LogP contribution in [0.5, 0.6) is 17.2 Å². The van der Waals surface area contributed by atoms with Crippen molar-refractivity contribution in [1.29, 1.82) is 0 Å². The molecule has 22 heteroatoms. The van der Waals surface area contributed by atoms with E-state index in [9.17, 15) is 24.6 Å². The third-order valence-electron chi connectivity index (χ3n) is 19.2. The van der Waals surface area contributed by atoms with Crippen molar-refractivity contribution in [3.63, 3.8) is 0 Å². The molecule has 6 heterocycles. The second kappa shape index (κ2) is 36.5. The molecule has 6 fully saturated rings. The summed E-state index contributed by atoms with van der Waals surface area (Å²) in [5, 5.41) is 31.7. The summed E-state index contributed by atoms with van der Waals surface area (Å²) in [7, 11) is 0. The smallest absolute Gasteiger partial charge is 0.325 e. The summed E-state index contributed by atoms with van der Waals surface area (Å²) >= 11 is 36.2. The van der Waals surface area contributed by atoms with E-state index in [4.69, 9.17) is 93.7 Å². The highest BCUT2D eigenvalue weighted by molar-refractivity contribution is 6.43. The van der Waals surface area contributed by atoms with Gasteiger partial charge in [0.05, 0.1) is 49.3 Å². The first-order valence-electron chi connectivity index (χ1n) is 33.7. The maximum absolute atomic E-state index is 12.0. The zero-order valence-electron chi connectivity index (χ0n) is 54.1. The van der Waals surface area contributed by atoms with Gasteiger partial charge in [-0.15, -0.1) is 0 Å². The molecule has 6 aromatic carbocycles. The lowest BCUT2D eigenvalue weighted by atomic mass is 9.93. The summed E-state index contributed by atoms with van der Waals surface area (Å²) in [6, 6.07) is 42.0. The molecule has 12 rings (SSSR count). The number of halogens is 6. The topological polar surface area (TPSA) is 168 Å². The average Bonchev–Trinajstić information content (AvgIpc) is 0.842. The lowest BCUT2D eigenvalue weighted by Crippen LogP contribution is -2.51. The van der Waals surface area contributed by atoms with E-state index in [1.807, 2.05) is 95.9 Å². The fourth-order valence-electron chi connectivity index (χ4n) is 14.0. The van der Waals surface area contributed by atoms with Crippen LogP contribution in [-0.2, 0) is 25.5 Å². The van der Waals surface area contributed by atoms with Crippen molar-refractivity contribution < 1.29 is 52.9 Å². The van der Waals surface area contributed by atoms with E-state index in [0.29, 0.717) is 55.8 Å². The first-order chi connectivity index (χ1) is 46.4. The van der Waals surface area contributed by atoms with Crippen molar-refractivity contribution in [1.82, 2.24) is 24.5 Å². The van der Waals surface area contributed by atoms with Crippen molar-refractivity contribution in [3.05, 3.63) is 186 Å². The highest BCUT2D eigenvalue weighted by Crippen LogP contribution is 2.35. The summed E-state index contributed by atoms with van der Waals surface area (Å²) in [6.07, 6.45) is 11.0. The number of benzene rings is 6. The first kappa shape index (κ1) is 73.2. The van der Waals surface area contributed by atoms with Crippen molar-refractivity contribution in [2.45, 2.75) is 107 Å². The highest BCUT2D eigenvalue weighted by atomic mass is 35.5. The van der Waals surface area contributed by atoms with E-state index in [0.717, 1.165) is 176 Å². The number of hydrogen-bond acceptors (Lipinski definition) is 13. The number of rotatable bonds is 21. The minimum Gasteiger partial charge on any atom is -0.490 e. The fourth-order valence-corrected chi connectivity index (χ4v) is 14.9. The third-order valence-corrected chi connectivity index (χ3v) is 21.4. The number of carboxylic acids is 3. The van der Waals surface area contributed by atoms with E-state index in [2.05, 4.69) is 36.6 Å². The molecule has 6 saturated heterocycles. The van der Waals surface area contributed by atoms with Crippen LogP contribution in [0.2, 0.25) is 30.1 Å². The molecule has 3 N–H and O–H groups in total. The van der Waals surface area contributed by atoms with Gasteiger partial charge in [0.25, 0.3) is 0 Å². The number of carboxylic acid groups (broad SMARTS) is 3. The van der Waals surface area contributed by atoms with Crippen molar-refractivity contribution >= 4 is 93.2 Å². The molecule has 3 atom stereocenters. The van der Waals surface area contributed by atoms with Crippen molar-refractivity contribution in [3.8, 4) is 17.2 Å². The van der Waals surface area contributed by atoms with Gasteiger partial charge in [-0.05, 0) is 154 Å². The van der Waals surface area contributed by atoms with Gasteiger partial charge < -0.3 is 53.9 Å². The summed E-state index contributed by atoms with van der Waals surface area (Å²) in [6.45, 7) is 14.5. The van der Waals surface area contributed by atoms with Crippen LogP contribution in [0.15, 0.2) is 140 Å². The van der Waals surface area contributed by atoms with Crippen molar-refractivity contribution in [2.24, 2.45) is 11.8 Å². The fraction of sp³-hybridized carbons (Fsp3) is 0.473. The van der Waals surface area contributed by atoms with Gasteiger partial charge >= 0.3 is 17.9 Å². The molecule has 522 valence electrons. The van der Waals surface area contributed by atoms with Gasteiger partial charge in [0.1, 0.15) is 47.6 Å². The molecule has 0 bridgehead atoms. The van der Waals surface area contributed by atoms with Gasteiger partial charge in [0.15, 0.2) is 0 Å². The van der Waals surface area contributed by atoms with E-state index in [-0.39, 0.29) is 35.1 Å². The number of piperidine rings is 5. The van der Waals surface area contributed by atoms with Crippen LogP contribution in [-0.4, -0.2) is 187 Å².